The van der Waals surface area contributed by atoms with E-state index in [2.05, 4.69) is 15.9 Å². The van der Waals surface area contributed by atoms with E-state index in [1.807, 2.05) is 0 Å². The third-order valence-corrected chi connectivity index (χ3v) is 3.02. The fourth-order valence-electron chi connectivity index (χ4n) is 1.26. The minimum absolute atomic E-state index is 0.0568. The molecule has 0 unspecified atom stereocenters. The molecule has 0 bridgehead atoms. The van der Waals surface area contributed by atoms with E-state index in [0.717, 1.165) is 0 Å². The molecule has 0 aliphatic rings. The summed E-state index contributed by atoms with van der Waals surface area (Å²) in [5.41, 5.74) is 4.61. The Kier molecular flexibility index (Phi) is 3.92. The van der Waals surface area contributed by atoms with E-state index in [1.54, 1.807) is 13.8 Å². The van der Waals surface area contributed by atoms with E-state index < -0.39 is 32.5 Å². The molecule has 0 saturated heterocycles. The van der Waals surface area contributed by atoms with E-state index in [9.17, 15) is 13.2 Å². The van der Waals surface area contributed by atoms with Crippen LogP contribution in [0, 0.1) is 17.5 Å². The molecule has 6 heteroatoms. The van der Waals surface area contributed by atoms with Gasteiger partial charge < -0.3 is 5.73 Å². The van der Waals surface area contributed by atoms with E-state index in [0.29, 0.717) is 0 Å². The second-order valence-electron chi connectivity index (χ2n) is 4.21. The average Bonchev–Trinajstić information content (AvgIpc) is 2.17. The van der Waals surface area contributed by atoms with Gasteiger partial charge in [0.15, 0.2) is 17.5 Å². The molecule has 2 N–H and O–H groups in total. The van der Waals surface area contributed by atoms with Crippen molar-refractivity contribution in [2.24, 2.45) is 5.73 Å². The minimum atomic E-state index is -1.29. The van der Waals surface area contributed by atoms with Crippen molar-refractivity contribution < 1.29 is 13.2 Å². The molecule has 1 aromatic rings. The largest absolute Gasteiger partial charge is 0.325 e. The van der Waals surface area contributed by atoms with Crippen molar-refractivity contribution in [3.05, 3.63) is 32.5 Å². The predicted molar refractivity (Wildman–Crippen MR) is 61.0 cm³/mol. The van der Waals surface area contributed by atoms with Crippen LogP contribution in [0.4, 0.5) is 13.2 Å². The van der Waals surface area contributed by atoms with E-state index >= 15 is 0 Å². The van der Waals surface area contributed by atoms with Crippen molar-refractivity contribution in [1.82, 2.24) is 0 Å². The van der Waals surface area contributed by atoms with Crippen molar-refractivity contribution in [1.29, 1.82) is 0 Å². The first-order valence-electron chi connectivity index (χ1n) is 4.44. The lowest BCUT2D eigenvalue weighted by atomic mass is 9.95. The number of hydrogen-bond acceptors (Lipinski definition) is 1. The topological polar surface area (TPSA) is 26.0 Å². The summed E-state index contributed by atoms with van der Waals surface area (Å²) in [6, 6.07) is 0. The van der Waals surface area contributed by atoms with Crippen LogP contribution in [-0.4, -0.2) is 5.54 Å². The van der Waals surface area contributed by atoms with Crippen molar-refractivity contribution in [3.63, 3.8) is 0 Å². The molecule has 0 atom stereocenters. The minimum Gasteiger partial charge on any atom is -0.325 e. The van der Waals surface area contributed by atoms with Crippen LogP contribution in [-0.2, 0) is 6.42 Å². The summed E-state index contributed by atoms with van der Waals surface area (Å²) in [4.78, 5) is 0. The predicted octanol–water partition coefficient (Wildman–Crippen LogP) is 3.80. The maximum absolute atomic E-state index is 13.5. The SMILES string of the molecule is CC(C)(N)Cc1c(F)c(F)c(Br)c(F)c1Cl. The normalized spacial score (nSPS) is 12.0. The van der Waals surface area contributed by atoms with Crippen LogP contribution in [0.15, 0.2) is 4.47 Å². The van der Waals surface area contributed by atoms with Gasteiger partial charge in [0.05, 0.1) is 9.50 Å². The number of hydrogen-bond donors (Lipinski definition) is 1. The zero-order chi connectivity index (χ0) is 12.7. The van der Waals surface area contributed by atoms with Crippen LogP contribution in [0.1, 0.15) is 19.4 Å². The highest BCUT2D eigenvalue weighted by Crippen LogP contribution is 2.33. The van der Waals surface area contributed by atoms with Gasteiger partial charge in [0.1, 0.15) is 0 Å². The second-order valence-corrected chi connectivity index (χ2v) is 5.38. The van der Waals surface area contributed by atoms with Gasteiger partial charge in [-0.2, -0.15) is 0 Å². The lowest BCUT2D eigenvalue weighted by Gasteiger charge is -2.20. The average molecular weight is 317 g/mol. The van der Waals surface area contributed by atoms with Crippen molar-refractivity contribution in [2.75, 3.05) is 0 Å². The highest BCUT2D eigenvalue weighted by atomic mass is 79.9. The molecule has 1 rings (SSSR count). The van der Waals surface area contributed by atoms with Crippen LogP contribution in [0.2, 0.25) is 5.02 Å². The fourth-order valence-corrected chi connectivity index (χ4v) is 1.99. The van der Waals surface area contributed by atoms with Crippen molar-refractivity contribution in [2.45, 2.75) is 25.8 Å². The Bertz CT molecular complexity index is 400. The lowest BCUT2D eigenvalue weighted by molar-refractivity contribution is 0.453. The Morgan fingerprint density at radius 1 is 1.19 bits per heavy atom. The van der Waals surface area contributed by atoms with E-state index in [-0.39, 0.29) is 12.0 Å². The van der Waals surface area contributed by atoms with Gasteiger partial charge >= 0.3 is 0 Å². The van der Waals surface area contributed by atoms with E-state index in [1.165, 1.54) is 0 Å². The monoisotopic (exact) mass is 315 g/mol. The van der Waals surface area contributed by atoms with Crippen LogP contribution < -0.4 is 5.73 Å². The standard InChI is InChI=1S/C10H10BrClF3N/c1-10(2,16)3-4-6(12)8(14)5(11)9(15)7(4)13/h3,16H2,1-2H3. The number of halogens is 5. The third-order valence-electron chi connectivity index (χ3n) is 1.93. The number of rotatable bonds is 2. The lowest BCUT2D eigenvalue weighted by Crippen LogP contribution is -2.35. The molecule has 1 nitrogen and oxygen atoms in total. The first-order valence-corrected chi connectivity index (χ1v) is 5.61. The number of nitrogens with two attached hydrogens (primary N) is 1. The molecule has 16 heavy (non-hydrogen) atoms. The molecule has 1 aromatic carbocycles. The molecular weight excluding hydrogens is 306 g/mol. The molecule has 90 valence electrons. The van der Waals surface area contributed by atoms with Gasteiger partial charge in [-0.05, 0) is 36.2 Å². The van der Waals surface area contributed by atoms with Crippen LogP contribution in [0.3, 0.4) is 0 Å². The Morgan fingerprint density at radius 2 is 1.69 bits per heavy atom. The Morgan fingerprint density at radius 3 is 2.12 bits per heavy atom. The molecule has 0 saturated carbocycles. The molecule has 0 spiro atoms. The van der Waals surface area contributed by atoms with Gasteiger partial charge in [-0.25, -0.2) is 13.2 Å². The van der Waals surface area contributed by atoms with Gasteiger partial charge in [-0.15, -0.1) is 0 Å². The molecule has 0 aliphatic heterocycles. The smallest absolute Gasteiger partial charge is 0.176 e. The molecule has 0 aromatic heterocycles. The summed E-state index contributed by atoms with van der Waals surface area (Å²) in [6.07, 6.45) is -0.0568. The highest BCUT2D eigenvalue weighted by molar-refractivity contribution is 9.10. The second kappa shape index (κ2) is 4.55. The van der Waals surface area contributed by atoms with E-state index in [4.69, 9.17) is 17.3 Å². The summed E-state index contributed by atoms with van der Waals surface area (Å²) < 4.78 is 39.5. The maximum atomic E-state index is 13.5. The van der Waals surface area contributed by atoms with Crippen LogP contribution in [0.25, 0.3) is 0 Å². The third kappa shape index (κ3) is 2.70. The molecule has 0 fully saturated rings. The van der Waals surface area contributed by atoms with Gasteiger partial charge in [0.2, 0.25) is 0 Å². The van der Waals surface area contributed by atoms with Crippen LogP contribution in [0.5, 0.6) is 0 Å². The first-order chi connectivity index (χ1) is 7.15. The van der Waals surface area contributed by atoms with Gasteiger partial charge in [0, 0.05) is 11.1 Å². The summed E-state index contributed by atoms with van der Waals surface area (Å²) in [6.45, 7) is 3.22. The zero-order valence-corrected chi connectivity index (χ0v) is 11.0. The fraction of sp³-hybridized carbons (Fsp3) is 0.400. The summed E-state index contributed by atoms with van der Waals surface area (Å²) in [5, 5.41) is -0.440. The van der Waals surface area contributed by atoms with Gasteiger partial charge in [-0.1, -0.05) is 11.6 Å². The summed E-state index contributed by atoms with van der Waals surface area (Å²) >= 11 is 8.20. The maximum Gasteiger partial charge on any atom is 0.176 e. The van der Waals surface area contributed by atoms with Crippen molar-refractivity contribution in [3.8, 4) is 0 Å². The van der Waals surface area contributed by atoms with Crippen LogP contribution >= 0.6 is 27.5 Å². The summed E-state index contributed by atoms with van der Waals surface area (Å²) in [7, 11) is 0. The first kappa shape index (κ1) is 13.8. The van der Waals surface area contributed by atoms with Crippen molar-refractivity contribution >= 4 is 27.5 Å². The molecule has 0 aliphatic carbocycles. The molecule has 0 heterocycles. The molecular formula is C10H10BrClF3N. The Balaban J connectivity index is 3.40. The van der Waals surface area contributed by atoms with Gasteiger partial charge in [-0.3, -0.25) is 0 Å². The quantitative estimate of drug-likeness (QED) is 0.652. The molecule has 0 radical (unpaired) electrons. The number of benzene rings is 1. The zero-order valence-electron chi connectivity index (χ0n) is 8.67. The molecule has 0 amide bonds. The summed E-state index contributed by atoms with van der Waals surface area (Å²) in [5.74, 6) is -3.47. The van der Waals surface area contributed by atoms with Gasteiger partial charge in [0.25, 0.3) is 0 Å². The Hall–Kier alpha value is -0.260. The Labute approximate surface area is 105 Å². The highest BCUT2D eigenvalue weighted by Gasteiger charge is 2.25.